The summed E-state index contributed by atoms with van der Waals surface area (Å²) < 4.78 is 2.67. The second-order valence-corrected chi connectivity index (χ2v) is 16.9. The van der Waals surface area contributed by atoms with E-state index in [4.69, 9.17) is 4.98 Å². The minimum absolute atomic E-state index is 0.955. The van der Waals surface area contributed by atoms with Gasteiger partial charge >= 0.3 is 0 Å². The zero-order valence-corrected chi connectivity index (χ0v) is 34.0. The molecule has 1 nitrogen and oxygen atoms in total. The van der Waals surface area contributed by atoms with Crippen molar-refractivity contribution in [2.45, 2.75) is 0 Å². The smallest absolute Gasteiger partial charge is 0.0715 e. The van der Waals surface area contributed by atoms with Crippen LogP contribution in [0.2, 0.25) is 0 Å². The van der Waals surface area contributed by atoms with E-state index in [-0.39, 0.29) is 0 Å². The lowest BCUT2D eigenvalue weighted by Gasteiger charge is -2.14. The molecule has 12 aromatic rings. The average Bonchev–Trinajstić information content (AvgIpc) is 3.73. The molecule has 0 fully saturated rings. The molecule has 0 aliphatic carbocycles. The summed E-state index contributed by atoms with van der Waals surface area (Å²) in [6.07, 6.45) is 0. The summed E-state index contributed by atoms with van der Waals surface area (Å²) in [7, 11) is 0. The number of aromatic nitrogens is 1. The van der Waals surface area contributed by atoms with Gasteiger partial charge in [0.25, 0.3) is 0 Å². The Bertz CT molecular complexity index is 3600. The molecule has 0 spiro atoms. The topological polar surface area (TPSA) is 12.9 Å². The molecule has 0 aliphatic rings. The number of rotatable bonds is 6. The van der Waals surface area contributed by atoms with Gasteiger partial charge in [0.05, 0.1) is 11.4 Å². The van der Waals surface area contributed by atoms with E-state index in [1.165, 1.54) is 85.9 Å². The fraction of sp³-hybridized carbons (Fsp3) is 0. The number of nitrogens with zero attached hydrogens (tertiary/aromatic N) is 1. The van der Waals surface area contributed by atoms with Gasteiger partial charge in [-0.25, -0.2) is 4.98 Å². The first kappa shape index (κ1) is 35.3. The Morgan fingerprint density at radius 1 is 0.246 bits per heavy atom. The summed E-state index contributed by atoms with van der Waals surface area (Å²) in [6, 6.07) is 81.7. The second kappa shape index (κ2) is 14.6. The first-order chi connectivity index (χ1) is 30.2. The van der Waals surface area contributed by atoms with Crippen molar-refractivity contribution < 1.29 is 0 Å². The minimum Gasteiger partial charge on any atom is -0.248 e. The highest BCUT2D eigenvalue weighted by Crippen LogP contribution is 2.42. The standard InChI is InChI=1S/C59H37NS/c1-2-13-40(14-3-1)56-36-46(37-57(60-56)45-31-32-52-50-21-5-4-19-48(50)49-20-6-7-22-51(49)55(52)35-45)43-17-10-15-41(33-43)38-27-29-39(30-28-38)42-16-11-18-44(34-42)47-24-12-25-54-53-23-8-9-26-58(53)61-59(47)54/h1-37H. The lowest BCUT2D eigenvalue weighted by molar-refractivity contribution is 1.32. The van der Waals surface area contributed by atoms with Crippen LogP contribution < -0.4 is 0 Å². The molecule has 61 heavy (non-hydrogen) atoms. The van der Waals surface area contributed by atoms with Gasteiger partial charge in [-0.05, 0) is 113 Å². The van der Waals surface area contributed by atoms with Crippen molar-refractivity contribution in [2.24, 2.45) is 0 Å². The Morgan fingerprint density at radius 3 is 1.38 bits per heavy atom. The van der Waals surface area contributed by atoms with E-state index < -0.39 is 0 Å². The van der Waals surface area contributed by atoms with Crippen molar-refractivity contribution in [3.8, 4) is 67.0 Å². The number of benzene rings is 10. The van der Waals surface area contributed by atoms with Crippen molar-refractivity contribution in [2.75, 3.05) is 0 Å². The zero-order valence-electron chi connectivity index (χ0n) is 33.2. The summed E-state index contributed by atoms with van der Waals surface area (Å²) in [5.74, 6) is 0. The highest BCUT2D eigenvalue weighted by atomic mass is 32.1. The van der Waals surface area contributed by atoms with E-state index in [1.807, 2.05) is 11.3 Å². The SMILES string of the molecule is c1ccc(-c2cc(-c3cccc(-c4ccc(-c5cccc(-c6cccc7c6sc6ccccc67)c5)cc4)c3)cc(-c3ccc4c5ccccc5c5ccccc5c4c3)n2)cc1. The van der Waals surface area contributed by atoms with Crippen LogP contribution in [0.1, 0.15) is 0 Å². The van der Waals surface area contributed by atoms with Gasteiger partial charge in [-0.2, -0.15) is 0 Å². The quantitative estimate of drug-likeness (QED) is 0.153. The fourth-order valence-corrected chi connectivity index (χ4v) is 10.5. The first-order valence-electron chi connectivity index (χ1n) is 20.8. The summed E-state index contributed by atoms with van der Waals surface area (Å²) >= 11 is 1.88. The lowest BCUT2D eigenvalue weighted by atomic mass is 9.92. The third-order valence-corrected chi connectivity index (χ3v) is 13.5. The van der Waals surface area contributed by atoms with E-state index in [2.05, 4.69) is 224 Å². The predicted octanol–water partition coefficient (Wildman–Crippen LogP) is 16.9. The molecule has 0 amide bonds. The predicted molar refractivity (Wildman–Crippen MR) is 262 cm³/mol. The molecule has 284 valence electrons. The Labute approximate surface area is 358 Å². The third-order valence-electron chi connectivity index (χ3n) is 12.3. The van der Waals surface area contributed by atoms with E-state index in [0.29, 0.717) is 0 Å². The first-order valence-corrected chi connectivity index (χ1v) is 21.7. The van der Waals surface area contributed by atoms with E-state index in [0.717, 1.165) is 33.6 Å². The highest BCUT2D eigenvalue weighted by molar-refractivity contribution is 7.26. The molecule has 2 aromatic heterocycles. The Kier molecular flexibility index (Phi) is 8.43. The van der Waals surface area contributed by atoms with Crippen LogP contribution in [0.4, 0.5) is 0 Å². The molecule has 0 saturated heterocycles. The normalized spacial score (nSPS) is 11.6. The summed E-state index contributed by atoms with van der Waals surface area (Å²) in [5, 5.41) is 10.2. The molecular weight excluding hydrogens is 755 g/mol. The molecule has 0 radical (unpaired) electrons. The largest absolute Gasteiger partial charge is 0.248 e. The van der Waals surface area contributed by atoms with Gasteiger partial charge in [0.1, 0.15) is 0 Å². The van der Waals surface area contributed by atoms with Gasteiger partial charge in [0, 0.05) is 31.3 Å². The van der Waals surface area contributed by atoms with Crippen LogP contribution in [-0.4, -0.2) is 4.98 Å². The molecule has 0 aliphatic heterocycles. The summed E-state index contributed by atoms with van der Waals surface area (Å²) in [5.41, 5.74) is 13.7. The molecule has 0 saturated carbocycles. The third kappa shape index (κ3) is 6.20. The van der Waals surface area contributed by atoms with E-state index >= 15 is 0 Å². The summed E-state index contributed by atoms with van der Waals surface area (Å²) in [6.45, 7) is 0. The Morgan fingerprint density at radius 2 is 0.705 bits per heavy atom. The van der Waals surface area contributed by atoms with Crippen LogP contribution >= 0.6 is 11.3 Å². The number of pyridine rings is 1. The van der Waals surface area contributed by atoms with Crippen LogP contribution in [0, 0.1) is 0 Å². The maximum absolute atomic E-state index is 5.32. The maximum Gasteiger partial charge on any atom is 0.0715 e. The highest BCUT2D eigenvalue weighted by Gasteiger charge is 2.15. The molecular formula is C59H37NS. The van der Waals surface area contributed by atoms with Crippen molar-refractivity contribution >= 4 is 63.8 Å². The van der Waals surface area contributed by atoms with Crippen molar-refractivity contribution in [1.29, 1.82) is 0 Å². The average molecular weight is 792 g/mol. The number of hydrogen-bond donors (Lipinski definition) is 0. The van der Waals surface area contributed by atoms with Crippen molar-refractivity contribution in [3.05, 3.63) is 224 Å². The summed E-state index contributed by atoms with van der Waals surface area (Å²) in [4.78, 5) is 5.32. The molecule has 10 aromatic carbocycles. The number of fused-ring (bicyclic) bond motifs is 9. The van der Waals surface area contributed by atoms with Gasteiger partial charge < -0.3 is 0 Å². The van der Waals surface area contributed by atoms with Gasteiger partial charge in [-0.3, -0.25) is 0 Å². The molecule has 0 N–H and O–H groups in total. The molecule has 2 heterocycles. The maximum atomic E-state index is 5.32. The second-order valence-electron chi connectivity index (χ2n) is 15.9. The van der Waals surface area contributed by atoms with Crippen LogP contribution in [0.25, 0.3) is 120 Å². The Hall–Kier alpha value is -7.65. The van der Waals surface area contributed by atoms with Gasteiger partial charge in [-0.15, -0.1) is 11.3 Å². The number of hydrogen-bond acceptors (Lipinski definition) is 2. The van der Waals surface area contributed by atoms with E-state index in [9.17, 15) is 0 Å². The number of thiophene rings is 1. The van der Waals surface area contributed by atoms with Crippen LogP contribution in [0.3, 0.4) is 0 Å². The van der Waals surface area contributed by atoms with Crippen molar-refractivity contribution in [3.63, 3.8) is 0 Å². The Balaban J connectivity index is 0.911. The zero-order chi connectivity index (χ0) is 40.3. The van der Waals surface area contributed by atoms with Crippen molar-refractivity contribution in [1.82, 2.24) is 4.98 Å². The van der Waals surface area contributed by atoms with Crippen LogP contribution in [0.15, 0.2) is 224 Å². The monoisotopic (exact) mass is 791 g/mol. The van der Waals surface area contributed by atoms with Crippen LogP contribution in [0.5, 0.6) is 0 Å². The van der Waals surface area contributed by atoms with Crippen LogP contribution in [-0.2, 0) is 0 Å². The fourth-order valence-electron chi connectivity index (χ4n) is 9.24. The molecule has 0 atom stereocenters. The molecule has 0 unspecified atom stereocenters. The minimum atomic E-state index is 0.955. The van der Waals surface area contributed by atoms with Gasteiger partial charge in [-0.1, -0.05) is 188 Å². The molecule has 2 heteroatoms. The van der Waals surface area contributed by atoms with Gasteiger partial charge in [0.2, 0.25) is 0 Å². The van der Waals surface area contributed by atoms with Gasteiger partial charge in [0.15, 0.2) is 0 Å². The lowest BCUT2D eigenvalue weighted by Crippen LogP contribution is -1.92. The van der Waals surface area contributed by atoms with E-state index in [1.54, 1.807) is 0 Å². The molecule has 0 bridgehead atoms. The molecule has 12 rings (SSSR count).